The number of halogens is 1. The second-order valence-corrected chi connectivity index (χ2v) is 6.25. The van der Waals surface area contributed by atoms with Gasteiger partial charge in [0.15, 0.2) is 5.82 Å². The van der Waals surface area contributed by atoms with Crippen molar-refractivity contribution in [3.8, 4) is 0 Å². The minimum absolute atomic E-state index is 0.293. The SMILES string of the molecule is COC(=O)c1ccccc1C1CCN(c2cnnc(NN)c2Cl)CC1. The molecule has 0 saturated carbocycles. The number of hydrogen-bond donors (Lipinski definition) is 2. The van der Waals surface area contributed by atoms with E-state index in [1.165, 1.54) is 7.11 Å². The van der Waals surface area contributed by atoms with Gasteiger partial charge in [0.25, 0.3) is 0 Å². The van der Waals surface area contributed by atoms with E-state index in [-0.39, 0.29) is 5.97 Å². The number of carbonyl (C=O) groups is 1. The molecule has 1 saturated heterocycles. The number of rotatable bonds is 4. The number of aromatic nitrogens is 2. The van der Waals surface area contributed by atoms with E-state index in [9.17, 15) is 4.79 Å². The summed E-state index contributed by atoms with van der Waals surface area (Å²) >= 11 is 6.33. The molecule has 0 atom stereocenters. The highest BCUT2D eigenvalue weighted by Crippen LogP contribution is 2.36. The average molecular weight is 362 g/mol. The van der Waals surface area contributed by atoms with Crippen molar-refractivity contribution in [2.24, 2.45) is 5.84 Å². The van der Waals surface area contributed by atoms with Gasteiger partial charge in [0, 0.05) is 13.1 Å². The van der Waals surface area contributed by atoms with Gasteiger partial charge < -0.3 is 15.1 Å². The molecule has 1 fully saturated rings. The lowest BCUT2D eigenvalue weighted by Gasteiger charge is -2.34. The van der Waals surface area contributed by atoms with Crippen LogP contribution in [0.15, 0.2) is 30.5 Å². The molecule has 8 heteroatoms. The second-order valence-electron chi connectivity index (χ2n) is 5.88. The Bertz CT molecular complexity index is 762. The number of anilines is 2. The molecule has 1 aromatic heterocycles. The number of nitrogens with two attached hydrogens (primary N) is 1. The van der Waals surface area contributed by atoms with Crippen molar-refractivity contribution in [1.82, 2.24) is 10.2 Å². The summed E-state index contributed by atoms with van der Waals surface area (Å²) in [4.78, 5) is 14.2. The number of nitrogen functional groups attached to an aromatic ring is 1. The standard InChI is InChI=1S/C17H20ClN5O2/c1-25-17(24)13-5-3-2-4-12(13)11-6-8-23(9-7-11)14-10-20-22-16(21-19)15(14)18/h2-5,10-11H,6-9,19H2,1H3,(H,21,22). The summed E-state index contributed by atoms with van der Waals surface area (Å²) in [5.74, 6) is 5.77. The van der Waals surface area contributed by atoms with E-state index in [4.69, 9.17) is 22.2 Å². The summed E-state index contributed by atoms with van der Waals surface area (Å²) in [6.45, 7) is 1.60. The highest BCUT2D eigenvalue weighted by Gasteiger charge is 2.26. The Morgan fingerprint density at radius 1 is 1.36 bits per heavy atom. The summed E-state index contributed by atoms with van der Waals surface area (Å²) < 4.78 is 4.90. The molecule has 1 aliphatic rings. The molecule has 0 radical (unpaired) electrons. The third-order valence-corrected chi connectivity index (χ3v) is 4.92. The summed E-state index contributed by atoms with van der Waals surface area (Å²) in [6.07, 6.45) is 3.45. The van der Waals surface area contributed by atoms with Crippen molar-refractivity contribution >= 4 is 29.1 Å². The van der Waals surface area contributed by atoms with Crippen molar-refractivity contribution in [2.75, 3.05) is 30.5 Å². The van der Waals surface area contributed by atoms with E-state index in [2.05, 4.69) is 20.5 Å². The van der Waals surface area contributed by atoms with Gasteiger partial charge in [0.05, 0.1) is 24.6 Å². The summed E-state index contributed by atoms with van der Waals surface area (Å²) in [5.41, 5.74) is 4.94. The molecule has 3 N–H and O–H groups in total. The predicted octanol–water partition coefficient (Wildman–Crippen LogP) is 2.59. The maximum Gasteiger partial charge on any atom is 0.338 e. The number of hydrazine groups is 1. The lowest BCUT2D eigenvalue weighted by Crippen LogP contribution is -2.33. The normalized spacial score (nSPS) is 15.1. The first-order valence-electron chi connectivity index (χ1n) is 8.05. The Morgan fingerprint density at radius 2 is 2.08 bits per heavy atom. The maximum absolute atomic E-state index is 12.0. The monoisotopic (exact) mass is 361 g/mol. The van der Waals surface area contributed by atoms with Crippen LogP contribution in [0.5, 0.6) is 0 Å². The van der Waals surface area contributed by atoms with Gasteiger partial charge in [-0.1, -0.05) is 29.8 Å². The molecule has 0 amide bonds. The number of nitrogens with one attached hydrogen (secondary N) is 1. The predicted molar refractivity (Wildman–Crippen MR) is 96.8 cm³/mol. The van der Waals surface area contributed by atoms with Crippen molar-refractivity contribution in [1.29, 1.82) is 0 Å². The fraction of sp³-hybridized carbons (Fsp3) is 0.353. The van der Waals surface area contributed by atoms with Crippen molar-refractivity contribution in [3.05, 3.63) is 46.6 Å². The molecular formula is C17H20ClN5O2. The second kappa shape index (κ2) is 7.67. The zero-order chi connectivity index (χ0) is 17.8. The van der Waals surface area contributed by atoms with E-state index >= 15 is 0 Å². The zero-order valence-electron chi connectivity index (χ0n) is 13.9. The number of benzene rings is 1. The lowest BCUT2D eigenvalue weighted by molar-refractivity contribution is 0.0598. The van der Waals surface area contributed by atoms with Crippen molar-refractivity contribution in [3.63, 3.8) is 0 Å². The Kier molecular flexibility index (Phi) is 5.35. The summed E-state index contributed by atoms with van der Waals surface area (Å²) in [6, 6.07) is 7.63. The molecule has 0 spiro atoms. The zero-order valence-corrected chi connectivity index (χ0v) is 14.7. The van der Waals surface area contributed by atoms with E-state index in [0.717, 1.165) is 37.2 Å². The first kappa shape index (κ1) is 17.4. The smallest absolute Gasteiger partial charge is 0.338 e. The number of nitrogens with zero attached hydrogens (tertiary/aromatic N) is 3. The van der Waals surface area contributed by atoms with E-state index in [0.29, 0.717) is 22.3 Å². The van der Waals surface area contributed by atoms with Gasteiger partial charge in [-0.25, -0.2) is 10.6 Å². The Morgan fingerprint density at radius 3 is 2.76 bits per heavy atom. The molecule has 132 valence electrons. The number of ether oxygens (including phenoxy) is 1. The summed E-state index contributed by atoms with van der Waals surface area (Å²) in [5, 5.41) is 8.26. The molecule has 1 aliphatic heterocycles. The molecule has 0 aliphatic carbocycles. The molecule has 0 unspecified atom stereocenters. The van der Waals surface area contributed by atoms with Crippen molar-refractivity contribution < 1.29 is 9.53 Å². The Labute approximate surface area is 151 Å². The minimum Gasteiger partial charge on any atom is -0.465 e. The van der Waals surface area contributed by atoms with E-state index < -0.39 is 0 Å². The average Bonchev–Trinajstić information content (AvgIpc) is 2.68. The van der Waals surface area contributed by atoms with Crippen LogP contribution in [0.2, 0.25) is 5.02 Å². The van der Waals surface area contributed by atoms with Gasteiger partial charge in [-0.2, -0.15) is 5.10 Å². The number of carbonyl (C=O) groups excluding carboxylic acids is 1. The van der Waals surface area contributed by atoms with Gasteiger partial charge in [-0.3, -0.25) is 0 Å². The molecular weight excluding hydrogens is 342 g/mol. The number of methoxy groups -OCH3 is 1. The van der Waals surface area contributed by atoms with Crippen LogP contribution in [0.1, 0.15) is 34.7 Å². The number of esters is 1. The van der Waals surface area contributed by atoms with Crippen LogP contribution in [0, 0.1) is 0 Å². The molecule has 2 heterocycles. The molecule has 1 aromatic carbocycles. The fourth-order valence-corrected chi connectivity index (χ4v) is 3.52. The van der Waals surface area contributed by atoms with Gasteiger partial charge in [-0.05, 0) is 30.4 Å². The Hall–Kier alpha value is -2.38. The van der Waals surface area contributed by atoms with Crippen LogP contribution in [-0.2, 0) is 4.74 Å². The van der Waals surface area contributed by atoms with Crippen LogP contribution in [-0.4, -0.2) is 36.4 Å². The first-order chi connectivity index (χ1) is 12.2. The Balaban J connectivity index is 1.76. The minimum atomic E-state index is -0.293. The topological polar surface area (TPSA) is 93.4 Å². The van der Waals surface area contributed by atoms with Gasteiger partial charge in [0.1, 0.15) is 5.02 Å². The largest absolute Gasteiger partial charge is 0.465 e. The molecule has 0 bridgehead atoms. The van der Waals surface area contributed by atoms with Gasteiger partial charge in [-0.15, -0.1) is 5.10 Å². The van der Waals surface area contributed by atoms with E-state index in [1.54, 1.807) is 6.20 Å². The van der Waals surface area contributed by atoms with Gasteiger partial charge in [0.2, 0.25) is 0 Å². The first-order valence-corrected chi connectivity index (χ1v) is 8.43. The van der Waals surface area contributed by atoms with E-state index in [1.807, 2.05) is 24.3 Å². The highest BCUT2D eigenvalue weighted by atomic mass is 35.5. The van der Waals surface area contributed by atoms with Crippen LogP contribution in [0.3, 0.4) is 0 Å². The van der Waals surface area contributed by atoms with Crippen LogP contribution in [0.4, 0.5) is 11.5 Å². The molecule has 2 aromatic rings. The molecule has 25 heavy (non-hydrogen) atoms. The fourth-order valence-electron chi connectivity index (χ4n) is 3.26. The molecule has 7 nitrogen and oxygen atoms in total. The number of piperidine rings is 1. The number of hydrogen-bond acceptors (Lipinski definition) is 7. The maximum atomic E-state index is 12.0. The molecule has 3 rings (SSSR count). The lowest BCUT2D eigenvalue weighted by atomic mass is 9.86. The van der Waals surface area contributed by atoms with Crippen molar-refractivity contribution in [2.45, 2.75) is 18.8 Å². The van der Waals surface area contributed by atoms with Crippen LogP contribution in [0.25, 0.3) is 0 Å². The summed E-state index contributed by atoms with van der Waals surface area (Å²) in [7, 11) is 1.41. The van der Waals surface area contributed by atoms with Gasteiger partial charge >= 0.3 is 5.97 Å². The van der Waals surface area contributed by atoms with Crippen LogP contribution >= 0.6 is 11.6 Å². The quantitative estimate of drug-likeness (QED) is 0.491. The van der Waals surface area contributed by atoms with Crippen LogP contribution < -0.4 is 16.2 Å². The third-order valence-electron chi connectivity index (χ3n) is 4.55. The highest BCUT2D eigenvalue weighted by molar-refractivity contribution is 6.35. The third kappa shape index (κ3) is 3.52.